The Morgan fingerprint density at radius 2 is 2.05 bits per heavy atom. The molecule has 0 aromatic carbocycles. The first-order valence-electron chi connectivity index (χ1n) is 6.39. The lowest BCUT2D eigenvalue weighted by molar-refractivity contribution is 0.201. The fourth-order valence-electron chi connectivity index (χ4n) is 1.70. The van der Waals surface area contributed by atoms with Crippen molar-refractivity contribution in [3.63, 3.8) is 0 Å². The van der Waals surface area contributed by atoms with Gasteiger partial charge in [0.25, 0.3) is 0 Å². The summed E-state index contributed by atoms with van der Waals surface area (Å²) in [6.07, 6.45) is 0.635. The van der Waals surface area contributed by atoms with Gasteiger partial charge in [0.1, 0.15) is 5.15 Å². The summed E-state index contributed by atoms with van der Waals surface area (Å²) in [7, 11) is 1.79. The van der Waals surface area contributed by atoms with Crippen LogP contribution in [-0.2, 0) is 13.6 Å². The maximum Gasteiger partial charge on any atom is 0.315 e. The fraction of sp³-hybridized carbons (Fsp3) is 0.615. The maximum atomic E-state index is 11.7. The van der Waals surface area contributed by atoms with Gasteiger partial charge in [-0.05, 0) is 17.9 Å². The number of urea groups is 1. The Morgan fingerprint density at radius 1 is 1.40 bits per heavy atom. The van der Waals surface area contributed by atoms with Crippen LogP contribution >= 0.6 is 23.2 Å². The van der Waals surface area contributed by atoms with Gasteiger partial charge in [-0.1, -0.05) is 37.0 Å². The highest BCUT2D eigenvalue weighted by Gasteiger charge is 2.18. The first-order chi connectivity index (χ1) is 9.26. The zero-order chi connectivity index (χ0) is 15.3. The number of aromatic nitrogens is 1. The van der Waals surface area contributed by atoms with Crippen molar-refractivity contribution in [3.05, 3.63) is 21.9 Å². The molecule has 1 aromatic rings. The SMILES string of the molecule is Cn1c(CNC(=O)NCC(C)(C)CCO)cc(Cl)c1Cl. The van der Waals surface area contributed by atoms with Crippen molar-refractivity contribution >= 4 is 29.2 Å². The first kappa shape index (κ1) is 17.1. The summed E-state index contributed by atoms with van der Waals surface area (Å²) in [6.45, 7) is 4.92. The molecule has 0 spiro atoms. The zero-order valence-corrected chi connectivity index (χ0v) is 13.5. The second kappa shape index (κ2) is 7.20. The number of hydrogen-bond donors (Lipinski definition) is 3. The molecule has 1 aromatic heterocycles. The number of nitrogens with one attached hydrogen (secondary N) is 2. The summed E-state index contributed by atoms with van der Waals surface area (Å²) in [5.74, 6) is 0. The molecule has 3 N–H and O–H groups in total. The third-order valence-corrected chi connectivity index (χ3v) is 4.00. The van der Waals surface area contributed by atoms with Crippen LogP contribution in [0.3, 0.4) is 0 Å². The van der Waals surface area contributed by atoms with E-state index in [1.165, 1.54) is 0 Å². The van der Waals surface area contributed by atoms with Crippen molar-refractivity contribution < 1.29 is 9.90 Å². The summed E-state index contributed by atoms with van der Waals surface area (Å²) < 4.78 is 1.72. The number of carbonyl (C=O) groups excluding carboxylic acids is 1. The average molecular weight is 322 g/mol. The van der Waals surface area contributed by atoms with Gasteiger partial charge in [-0.25, -0.2) is 4.79 Å². The van der Waals surface area contributed by atoms with Crippen LogP contribution in [0.15, 0.2) is 6.07 Å². The highest BCUT2D eigenvalue weighted by molar-refractivity contribution is 6.41. The number of halogens is 2. The summed E-state index contributed by atoms with van der Waals surface area (Å²) in [5, 5.41) is 15.4. The Hall–Kier alpha value is -0.910. The number of rotatable bonds is 6. The van der Waals surface area contributed by atoms with Crippen LogP contribution in [-0.4, -0.2) is 28.9 Å². The second-order valence-corrected chi connectivity index (χ2v) is 6.27. The van der Waals surface area contributed by atoms with Gasteiger partial charge >= 0.3 is 6.03 Å². The van der Waals surface area contributed by atoms with E-state index in [0.29, 0.717) is 29.7 Å². The number of nitrogens with zero attached hydrogens (tertiary/aromatic N) is 1. The summed E-state index contributed by atoms with van der Waals surface area (Å²) in [6, 6.07) is 1.46. The summed E-state index contributed by atoms with van der Waals surface area (Å²) in [4.78, 5) is 11.7. The maximum absolute atomic E-state index is 11.7. The van der Waals surface area contributed by atoms with E-state index in [-0.39, 0.29) is 18.1 Å². The Morgan fingerprint density at radius 3 is 2.55 bits per heavy atom. The Bertz CT molecular complexity index is 472. The van der Waals surface area contributed by atoms with Crippen LogP contribution < -0.4 is 10.6 Å². The normalized spacial score (nSPS) is 11.5. The van der Waals surface area contributed by atoms with E-state index in [0.717, 1.165) is 5.69 Å². The number of aliphatic hydroxyl groups excluding tert-OH is 1. The van der Waals surface area contributed by atoms with Gasteiger partial charge in [0, 0.05) is 25.9 Å². The molecule has 0 saturated heterocycles. The molecule has 0 bridgehead atoms. The number of aliphatic hydroxyl groups is 1. The zero-order valence-electron chi connectivity index (χ0n) is 12.0. The number of hydrogen-bond acceptors (Lipinski definition) is 2. The van der Waals surface area contributed by atoms with E-state index in [1.807, 2.05) is 13.8 Å². The molecule has 1 heterocycles. The van der Waals surface area contributed by atoms with Crippen molar-refractivity contribution in [3.8, 4) is 0 Å². The lowest BCUT2D eigenvalue weighted by atomic mass is 9.90. The third-order valence-electron chi connectivity index (χ3n) is 3.16. The predicted octanol–water partition coefficient (Wildman–Crippen LogP) is 2.54. The largest absolute Gasteiger partial charge is 0.396 e. The molecule has 2 amide bonds. The molecule has 0 unspecified atom stereocenters. The van der Waals surface area contributed by atoms with Crippen molar-refractivity contribution in [2.24, 2.45) is 12.5 Å². The minimum absolute atomic E-state index is 0.108. The van der Waals surface area contributed by atoms with Gasteiger partial charge in [-0.3, -0.25) is 0 Å². The van der Waals surface area contributed by atoms with Crippen LogP contribution in [0.5, 0.6) is 0 Å². The fourth-order valence-corrected chi connectivity index (χ4v) is 2.12. The molecule has 114 valence electrons. The van der Waals surface area contributed by atoms with Crippen molar-refractivity contribution in [2.75, 3.05) is 13.2 Å². The second-order valence-electron chi connectivity index (χ2n) is 5.51. The predicted molar refractivity (Wildman–Crippen MR) is 81.2 cm³/mol. The van der Waals surface area contributed by atoms with Crippen molar-refractivity contribution in [1.29, 1.82) is 0 Å². The van der Waals surface area contributed by atoms with E-state index < -0.39 is 0 Å². The van der Waals surface area contributed by atoms with Crippen LogP contribution in [0.1, 0.15) is 26.0 Å². The molecule has 0 aliphatic rings. The Labute approximate surface area is 129 Å². The van der Waals surface area contributed by atoms with Gasteiger partial charge in [-0.15, -0.1) is 0 Å². The van der Waals surface area contributed by atoms with E-state index in [9.17, 15) is 4.79 Å². The van der Waals surface area contributed by atoms with Gasteiger partial charge in [-0.2, -0.15) is 0 Å². The number of carbonyl (C=O) groups is 1. The Balaban J connectivity index is 2.42. The van der Waals surface area contributed by atoms with E-state index in [4.69, 9.17) is 28.3 Å². The molecule has 7 heteroatoms. The molecule has 1 rings (SSSR count). The standard InChI is InChI=1S/C13H21Cl2N3O2/c1-13(2,4-5-19)8-17-12(20)16-7-9-6-10(14)11(15)18(9)3/h6,19H,4-5,7-8H2,1-3H3,(H2,16,17,20). The summed E-state index contributed by atoms with van der Waals surface area (Å²) in [5.41, 5.74) is 0.689. The molecule has 0 aliphatic heterocycles. The highest BCUT2D eigenvalue weighted by atomic mass is 35.5. The molecule has 0 atom stereocenters. The van der Waals surface area contributed by atoms with Crippen LogP contribution in [0, 0.1) is 5.41 Å². The topological polar surface area (TPSA) is 66.3 Å². The minimum atomic E-state index is -0.260. The molecule has 0 radical (unpaired) electrons. The van der Waals surface area contributed by atoms with E-state index in [1.54, 1.807) is 17.7 Å². The third kappa shape index (κ3) is 4.89. The first-order valence-corrected chi connectivity index (χ1v) is 7.14. The van der Waals surface area contributed by atoms with Gasteiger partial charge in [0.15, 0.2) is 0 Å². The summed E-state index contributed by atoms with van der Waals surface area (Å²) >= 11 is 11.8. The molecule has 20 heavy (non-hydrogen) atoms. The van der Waals surface area contributed by atoms with Crippen molar-refractivity contribution in [1.82, 2.24) is 15.2 Å². The van der Waals surface area contributed by atoms with Crippen LogP contribution in [0.25, 0.3) is 0 Å². The van der Waals surface area contributed by atoms with Gasteiger partial charge in [0.05, 0.1) is 11.6 Å². The lowest BCUT2D eigenvalue weighted by Crippen LogP contribution is -2.40. The molecule has 0 aliphatic carbocycles. The van der Waals surface area contributed by atoms with E-state index in [2.05, 4.69) is 10.6 Å². The molecule has 5 nitrogen and oxygen atoms in total. The van der Waals surface area contributed by atoms with Gasteiger partial charge < -0.3 is 20.3 Å². The van der Waals surface area contributed by atoms with Gasteiger partial charge in [0.2, 0.25) is 0 Å². The van der Waals surface area contributed by atoms with Crippen LogP contribution in [0.2, 0.25) is 10.2 Å². The lowest BCUT2D eigenvalue weighted by Gasteiger charge is -2.23. The van der Waals surface area contributed by atoms with E-state index >= 15 is 0 Å². The molecule has 0 fully saturated rings. The van der Waals surface area contributed by atoms with Crippen LogP contribution in [0.4, 0.5) is 4.79 Å². The smallest absolute Gasteiger partial charge is 0.315 e. The molecular formula is C13H21Cl2N3O2. The Kier molecular flexibility index (Phi) is 6.17. The average Bonchev–Trinajstić information content (AvgIpc) is 2.61. The monoisotopic (exact) mass is 321 g/mol. The minimum Gasteiger partial charge on any atom is -0.396 e. The van der Waals surface area contributed by atoms with Crippen molar-refractivity contribution in [2.45, 2.75) is 26.8 Å². The highest BCUT2D eigenvalue weighted by Crippen LogP contribution is 2.24. The molecule has 0 saturated carbocycles. The number of amides is 2. The quantitative estimate of drug-likeness (QED) is 0.753. The molecular weight excluding hydrogens is 301 g/mol.